The van der Waals surface area contributed by atoms with Crippen molar-refractivity contribution in [3.8, 4) is 17.6 Å². The van der Waals surface area contributed by atoms with Gasteiger partial charge in [0.15, 0.2) is 0 Å². The van der Waals surface area contributed by atoms with Gasteiger partial charge in [-0.2, -0.15) is 5.26 Å². The van der Waals surface area contributed by atoms with Gasteiger partial charge in [0.25, 0.3) is 6.43 Å². The summed E-state index contributed by atoms with van der Waals surface area (Å²) in [5.74, 6) is 0.406. The molecule has 5 heteroatoms. The van der Waals surface area contributed by atoms with Crippen LogP contribution in [-0.4, -0.2) is 0 Å². The predicted octanol–water partition coefficient (Wildman–Crippen LogP) is 4.18. The molecule has 2 aromatic rings. The summed E-state index contributed by atoms with van der Waals surface area (Å²) in [7, 11) is 0. The van der Waals surface area contributed by atoms with Crippen LogP contribution in [-0.2, 0) is 0 Å². The fourth-order valence-electron chi connectivity index (χ4n) is 1.73. The van der Waals surface area contributed by atoms with E-state index in [1.165, 1.54) is 24.3 Å². The molecule has 102 valence electrons. The van der Waals surface area contributed by atoms with Crippen molar-refractivity contribution in [2.75, 3.05) is 5.73 Å². The van der Waals surface area contributed by atoms with E-state index in [0.717, 1.165) is 5.56 Å². The zero-order valence-corrected chi connectivity index (χ0v) is 10.7. The van der Waals surface area contributed by atoms with Crippen LogP contribution in [0.4, 0.5) is 14.5 Å². The maximum Gasteiger partial charge on any atom is 0.267 e. The number of alkyl halides is 2. The van der Waals surface area contributed by atoms with Crippen LogP contribution >= 0.6 is 0 Å². The summed E-state index contributed by atoms with van der Waals surface area (Å²) in [5.41, 5.74) is 6.63. The highest BCUT2D eigenvalue weighted by molar-refractivity contribution is 5.51. The molecule has 2 aromatic carbocycles. The van der Waals surface area contributed by atoms with Crippen LogP contribution < -0.4 is 10.5 Å². The number of rotatable bonds is 3. The Kier molecular flexibility index (Phi) is 3.85. The molecule has 0 radical (unpaired) electrons. The van der Waals surface area contributed by atoms with Crippen LogP contribution in [0.5, 0.6) is 11.5 Å². The summed E-state index contributed by atoms with van der Waals surface area (Å²) >= 11 is 0. The van der Waals surface area contributed by atoms with Crippen molar-refractivity contribution in [2.45, 2.75) is 13.3 Å². The molecule has 3 nitrogen and oxygen atoms in total. The standard InChI is InChI=1S/C15H12F2N2O/c1-9-2-3-10(8-18)6-14(9)20-13-5-4-11(19)7-12(13)15(16)17/h2-7,15H,19H2,1H3. The van der Waals surface area contributed by atoms with E-state index in [0.29, 0.717) is 11.3 Å². The van der Waals surface area contributed by atoms with Crippen molar-refractivity contribution in [1.82, 2.24) is 0 Å². The van der Waals surface area contributed by atoms with Crippen LogP contribution in [0, 0.1) is 18.3 Å². The quantitative estimate of drug-likeness (QED) is 0.854. The minimum atomic E-state index is -2.69. The molecular formula is C15H12F2N2O. The van der Waals surface area contributed by atoms with Crippen molar-refractivity contribution in [1.29, 1.82) is 5.26 Å². The van der Waals surface area contributed by atoms with Crippen LogP contribution in [0.15, 0.2) is 36.4 Å². The predicted molar refractivity (Wildman–Crippen MR) is 71.8 cm³/mol. The number of nitriles is 1. The lowest BCUT2D eigenvalue weighted by Gasteiger charge is -2.13. The number of anilines is 1. The molecule has 0 heterocycles. The first-order valence-corrected chi connectivity index (χ1v) is 5.87. The van der Waals surface area contributed by atoms with Gasteiger partial charge in [-0.05, 0) is 42.8 Å². The molecule has 2 rings (SSSR count). The molecule has 0 spiro atoms. The molecule has 0 amide bonds. The number of hydrogen-bond acceptors (Lipinski definition) is 3. The van der Waals surface area contributed by atoms with Crippen molar-refractivity contribution in [3.05, 3.63) is 53.1 Å². The average Bonchev–Trinajstić information content (AvgIpc) is 2.42. The molecule has 0 aliphatic rings. The first-order valence-electron chi connectivity index (χ1n) is 5.87. The van der Waals surface area contributed by atoms with Crippen molar-refractivity contribution < 1.29 is 13.5 Å². The smallest absolute Gasteiger partial charge is 0.267 e. The van der Waals surface area contributed by atoms with Crippen LogP contribution in [0.3, 0.4) is 0 Å². The van der Waals surface area contributed by atoms with Crippen LogP contribution in [0.25, 0.3) is 0 Å². The number of nitrogens with two attached hydrogens (primary N) is 1. The maximum absolute atomic E-state index is 13.0. The van der Waals surface area contributed by atoms with E-state index in [9.17, 15) is 8.78 Å². The minimum absolute atomic E-state index is 0.0346. The highest BCUT2D eigenvalue weighted by atomic mass is 19.3. The van der Waals surface area contributed by atoms with E-state index in [1.807, 2.05) is 6.07 Å². The molecule has 0 saturated carbocycles. The highest BCUT2D eigenvalue weighted by Gasteiger charge is 2.16. The summed E-state index contributed by atoms with van der Waals surface area (Å²) in [6, 6.07) is 10.9. The Morgan fingerprint density at radius 1 is 1.15 bits per heavy atom. The Balaban J connectivity index is 2.42. The summed E-state index contributed by atoms with van der Waals surface area (Å²) in [6.45, 7) is 1.77. The molecule has 0 unspecified atom stereocenters. The first kappa shape index (κ1) is 13.8. The number of hydrogen-bond donors (Lipinski definition) is 1. The topological polar surface area (TPSA) is 59.0 Å². The third kappa shape index (κ3) is 2.86. The van der Waals surface area contributed by atoms with Gasteiger partial charge in [-0.15, -0.1) is 0 Å². The summed E-state index contributed by atoms with van der Waals surface area (Å²) in [6.07, 6.45) is -2.69. The zero-order valence-electron chi connectivity index (χ0n) is 10.7. The van der Waals surface area contributed by atoms with Gasteiger partial charge in [0.1, 0.15) is 11.5 Å². The summed E-state index contributed by atoms with van der Waals surface area (Å²) < 4.78 is 31.4. The van der Waals surface area contributed by atoms with Gasteiger partial charge in [0.05, 0.1) is 17.2 Å². The van der Waals surface area contributed by atoms with Gasteiger partial charge in [-0.3, -0.25) is 0 Å². The van der Waals surface area contributed by atoms with E-state index < -0.39 is 6.43 Å². The van der Waals surface area contributed by atoms with E-state index >= 15 is 0 Å². The fraction of sp³-hybridized carbons (Fsp3) is 0.133. The molecule has 20 heavy (non-hydrogen) atoms. The molecule has 0 aliphatic carbocycles. The molecule has 0 aliphatic heterocycles. The monoisotopic (exact) mass is 274 g/mol. The minimum Gasteiger partial charge on any atom is -0.457 e. The van der Waals surface area contributed by atoms with Crippen molar-refractivity contribution >= 4 is 5.69 Å². The first-order chi connectivity index (χ1) is 9.51. The number of halogens is 2. The van der Waals surface area contributed by atoms with Gasteiger partial charge in [0.2, 0.25) is 0 Å². The molecule has 0 saturated heterocycles. The van der Waals surface area contributed by atoms with Crippen LogP contribution in [0.2, 0.25) is 0 Å². The third-order valence-electron chi connectivity index (χ3n) is 2.81. The summed E-state index contributed by atoms with van der Waals surface area (Å²) in [5, 5.41) is 8.86. The van der Waals surface area contributed by atoms with Crippen molar-refractivity contribution in [3.63, 3.8) is 0 Å². The van der Waals surface area contributed by atoms with Gasteiger partial charge in [0, 0.05) is 5.69 Å². The van der Waals surface area contributed by atoms with Gasteiger partial charge in [-0.25, -0.2) is 8.78 Å². The lowest BCUT2D eigenvalue weighted by atomic mass is 10.1. The normalized spacial score (nSPS) is 10.3. The van der Waals surface area contributed by atoms with E-state index in [2.05, 4.69) is 0 Å². The highest BCUT2D eigenvalue weighted by Crippen LogP contribution is 2.35. The Morgan fingerprint density at radius 3 is 2.55 bits per heavy atom. The number of ether oxygens (including phenoxy) is 1. The molecule has 2 N–H and O–H groups in total. The number of aryl methyl sites for hydroxylation is 1. The number of nitrogen functional groups attached to an aromatic ring is 1. The Hall–Kier alpha value is -2.61. The second-order valence-electron chi connectivity index (χ2n) is 4.29. The fourth-order valence-corrected chi connectivity index (χ4v) is 1.73. The average molecular weight is 274 g/mol. The van der Waals surface area contributed by atoms with E-state index in [1.54, 1.807) is 19.1 Å². The number of benzene rings is 2. The molecule has 0 atom stereocenters. The van der Waals surface area contributed by atoms with E-state index in [-0.39, 0.29) is 17.0 Å². The zero-order chi connectivity index (χ0) is 14.7. The van der Waals surface area contributed by atoms with Gasteiger partial charge >= 0.3 is 0 Å². The maximum atomic E-state index is 13.0. The lowest BCUT2D eigenvalue weighted by Crippen LogP contribution is -1.96. The van der Waals surface area contributed by atoms with E-state index in [4.69, 9.17) is 15.7 Å². The molecule has 0 aromatic heterocycles. The Labute approximate surface area is 115 Å². The Morgan fingerprint density at radius 2 is 1.90 bits per heavy atom. The largest absolute Gasteiger partial charge is 0.457 e. The van der Waals surface area contributed by atoms with Crippen molar-refractivity contribution in [2.24, 2.45) is 0 Å². The lowest BCUT2D eigenvalue weighted by molar-refractivity contribution is 0.148. The van der Waals surface area contributed by atoms with Crippen LogP contribution in [0.1, 0.15) is 23.1 Å². The number of nitrogens with zero attached hydrogens (tertiary/aromatic N) is 1. The third-order valence-corrected chi connectivity index (χ3v) is 2.81. The van der Waals surface area contributed by atoms with Gasteiger partial charge in [-0.1, -0.05) is 6.07 Å². The van der Waals surface area contributed by atoms with Gasteiger partial charge < -0.3 is 10.5 Å². The second-order valence-corrected chi connectivity index (χ2v) is 4.29. The molecule has 0 fully saturated rings. The SMILES string of the molecule is Cc1ccc(C#N)cc1Oc1ccc(N)cc1C(F)F. The second kappa shape index (κ2) is 5.57. The summed E-state index contributed by atoms with van der Waals surface area (Å²) in [4.78, 5) is 0. The molecule has 0 bridgehead atoms. The molecular weight excluding hydrogens is 262 g/mol. The Bertz CT molecular complexity index is 678.